The zero-order valence-corrected chi connectivity index (χ0v) is 18.5. The summed E-state index contributed by atoms with van der Waals surface area (Å²) >= 11 is 1.45. The Labute approximate surface area is 183 Å². The smallest absolute Gasteiger partial charge is 0.355 e. The second kappa shape index (κ2) is 8.16. The summed E-state index contributed by atoms with van der Waals surface area (Å²) in [4.78, 5) is 31.9. The number of ether oxygens (including phenoxy) is 2. The van der Waals surface area contributed by atoms with Crippen LogP contribution in [-0.2, 0) is 27.3 Å². The summed E-state index contributed by atoms with van der Waals surface area (Å²) in [5, 5.41) is 0.606. The first-order valence-electron chi connectivity index (χ1n) is 9.95. The lowest BCUT2D eigenvalue weighted by molar-refractivity contribution is -0.138. The molecular formula is C22H24N4O4S. The van der Waals surface area contributed by atoms with E-state index in [1.165, 1.54) is 15.9 Å². The summed E-state index contributed by atoms with van der Waals surface area (Å²) in [7, 11) is 0. The Kier molecular flexibility index (Phi) is 5.55. The van der Waals surface area contributed by atoms with Gasteiger partial charge in [0.05, 0.1) is 29.9 Å². The highest BCUT2D eigenvalue weighted by Crippen LogP contribution is 2.37. The second-order valence-corrected chi connectivity index (χ2v) is 8.85. The van der Waals surface area contributed by atoms with Crippen molar-refractivity contribution in [2.75, 3.05) is 12.0 Å². The van der Waals surface area contributed by atoms with Crippen molar-refractivity contribution in [2.24, 2.45) is 0 Å². The fourth-order valence-corrected chi connectivity index (χ4v) is 4.59. The first-order chi connectivity index (χ1) is 14.8. The first kappa shape index (κ1) is 21.1. The monoisotopic (exact) mass is 440 g/mol. The quantitative estimate of drug-likeness (QED) is 0.345. The van der Waals surface area contributed by atoms with Crippen LogP contribution in [0.25, 0.3) is 15.9 Å². The minimum Gasteiger partial charge on any atom is -0.461 e. The number of carbonyl (C=O) groups is 1. The number of anilines is 1. The van der Waals surface area contributed by atoms with E-state index >= 15 is 0 Å². The number of benzene rings is 1. The van der Waals surface area contributed by atoms with Gasteiger partial charge in [-0.15, -0.1) is 11.3 Å². The highest BCUT2D eigenvalue weighted by atomic mass is 32.1. The fourth-order valence-electron chi connectivity index (χ4n) is 3.49. The molecule has 1 aliphatic rings. The number of nitrogens with one attached hydrogen (secondary N) is 2. The number of carbonyl (C=O) groups excluding carboxylic acids is 1. The van der Waals surface area contributed by atoms with Crippen molar-refractivity contribution in [3.05, 3.63) is 63.4 Å². The summed E-state index contributed by atoms with van der Waals surface area (Å²) in [6.45, 7) is 10.1. The van der Waals surface area contributed by atoms with E-state index in [2.05, 4.69) is 17.4 Å². The minimum absolute atomic E-state index is 0.0106. The molecular weight excluding hydrogens is 416 g/mol. The van der Waals surface area contributed by atoms with Crippen LogP contribution in [0.1, 0.15) is 31.2 Å². The molecule has 162 valence electrons. The largest absolute Gasteiger partial charge is 0.461 e. The summed E-state index contributed by atoms with van der Waals surface area (Å²) in [6, 6.07) is 9.22. The van der Waals surface area contributed by atoms with Crippen LogP contribution in [0.3, 0.4) is 0 Å². The predicted molar refractivity (Wildman–Crippen MR) is 120 cm³/mol. The molecule has 9 heteroatoms. The molecule has 0 saturated carbocycles. The van der Waals surface area contributed by atoms with Gasteiger partial charge >= 0.3 is 5.97 Å². The summed E-state index contributed by atoms with van der Waals surface area (Å²) < 4.78 is 12.3. The van der Waals surface area contributed by atoms with Crippen LogP contribution in [0.15, 0.2) is 47.4 Å². The third kappa shape index (κ3) is 4.06. The van der Waals surface area contributed by atoms with E-state index in [9.17, 15) is 9.59 Å². The number of thiophene rings is 1. The van der Waals surface area contributed by atoms with Crippen LogP contribution < -0.4 is 16.4 Å². The van der Waals surface area contributed by atoms with Gasteiger partial charge in [-0.05, 0) is 38.5 Å². The average molecular weight is 441 g/mol. The number of aromatic nitrogens is 2. The van der Waals surface area contributed by atoms with Crippen LogP contribution in [0, 0.1) is 0 Å². The molecule has 0 amide bonds. The van der Waals surface area contributed by atoms with Gasteiger partial charge in [0.25, 0.3) is 5.56 Å². The molecule has 1 aliphatic heterocycles. The molecule has 3 aromatic rings. The number of esters is 1. The van der Waals surface area contributed by atoms with Crippen LogP contribution in [0.2, 0.25) is 0 Å². The van der Waals surface area contributed by atoms with Crippen molar-refractivity contribution < 1.29 is 14.3 Å². The molecule has 0 bridgehead atoms. The van der Waals surface area contributed by atoms with Crippen molar-refractivity contribution >= 4 is 33.5 Å². The van der Waals surface area contributed by atoms with Gasteiger partial charge in [0.15, 0.2) is 0 Å². The SMILES string of the molecule is C=C(NNc1nc2sc3c(c2c(=O)n1-c1ccccc1)CC(C)(C)OC3)C(=O)OCC. The number of hydrogen-bond donors (Lipinski definition) is 2. The number of nitrogens with zero attached hydrogens (tertiary/aromatic N) is 2. The summed E-state index contributed by atoms with van der Waals surface area (Å²) in [5.41, 5.74) is 6.68. The molecule has 0 fully saturated rings. The van der Waals surface area contributed by atoms with Crippen LogP contribution in [-0.4, -0.2) is 27.7 Å². The Morgan fingerprint density at radius 1 is 1.35 bits per heavy atom. The highest BCUT2D eigenvalue weighted by Gasteiger charge is 2.31. The normalized spacial score (nSPS) is 14.7. The van der Waals surface area contributed by atoms with Crippen LogP contribution in [0.4, 0.5) is 5.95 Å². The summed E-state index contributed by atoms with van der Waals surface area (Å²) in [5.74, 6) is -0.344. The van der Waals surface area contributed by atoms with Crippen molar-refractivity contribution in [3.63, 3.8) is 0 Å². The van der Waals surface area contributed by atoms with Gasteiger partial charge in [0.1, 0.15) is 10.5 Å². The number of hydrogen-bond acceptors (Lipinski definition) is 8. The molecule has 31 heavy (non-hydrogen) atoms. The van der Waals surface area contributed by atoms with Crippen LogP contribution >= 0.6 is 11.3 Å². The molecule has 0 atom stereocenters. The zero-order valence-electron chi connectivity index (χ0n) is 17.7. The molecule has 3 heterocycles. The fraction of sp³-hybridized carbons (Fsp3) is 0.318. The zero-order chi connectivity index (χ0) is 22.2. The Bertz CT molecular complexity index is 1210. The standard InChI is InChI=1S/C22H24N4O4S/c1-5-29-20(28)13(2)24-25-21-23-18-17(15-11-22(3,4)30-12-16(15)31-18)19(27)26(21)14-9-7-6-8-10-14/h6-10,24H,2,5,11-12H2,1,3-4H3,(H,23,25). The first-order valence-corrected chi connectivity index (χ1v) is 10.8. The van der Waals surface area contributed by atoms with Gasteiger partial charge in [-0.2, -0.15) is 0 Å². The lowest BCUT2D eigenvalue weighted by atomic mass is 9.94. The number of fused-ring (bicyclic) bond motifs is 3. The third-order valence-electron chi connectivity index (χ3n) is 4.97. The van der Waals surface area contributed by atoms with Crippen molar-refractivity contribution in [3.8, 4) is 5.69 Å². The Morgan fingerprint density at radius 2 is 2.10 bits per heavy atom. The molecule has 4 rings (SSSR count). The van der Waals surface area contributed by atoms with Gasteiger partial charge < -0.3 is 9.47 Å². The molecule has 0 unspecified atom stereocenters. The Hall–Kier alpha value is -3.17. The maximum absolute atomic E-state index is 13.7. The van der Waals surface area contributed by atoms with Gasteiger partial charge in [-0.1, -0.05) is 24.8 Å². The predicted octanol–water partition coefficient (Wildman–Crippen LogP) is 3.29. The highest BCUT2D eigenvalue weighted by molar-refractivity contribution is 7.18. The van der Waals surface area contributed by atoms with Crippen molar-refractivity contribution in [1.82, 2.24) is 15.0 Å². The number of rotatable bonds is 6. The molecule has 8 nitrogen and oxygen atoms in total. The van der Waals surface area contributed by atoms with Gasteiger partial charge in [-0.25, -0.2) is 14.3 Å². The maximum Gasteiger partial charge on any atom is 0.355 e. The molecule has 2 N–H and O–H groups in total. The van der Waals surface area contributed by atoms with Crippen molar-refractivity contribution in [2.45, 2.75) is 39.4 Å². The van der Waals surface area contributed by atoms with Gasteiger partial charge in [0.2, 0.25) is 5.95 Å². The molecule has 2 aromatic heterocycles. The summed E-state index contributed by atoms with van der Waals surface area (Å²) in [6.07, 6.45) is 0.638. The third-order valence-corrected chi connectivity index (χ3v) is 6.07. The van der Waals surface area contributed by atoms with E-state index in [1.807, 2.05) is 44.2 Å². The van der Waals surface area contributed by atoms with E-state index in [1.54, 1.807) is 6.92 Å². The minimum atomic E-state index is -0.587. The molecule has 0 aliphatic carbocycles. The van der Waals surface area contributed by atoms with E-state index in [0.29, 0.717) is 28.9 Å². The second-order valence-electron chi connectivity index (χ2n) is 7.77. The molecule has 0 radical (unpaired) electrons. The Morgan fingerprint density at radius 3 is 2.81 bits per heavy atom. The molecule has 1 aromatic carbocycles. The van der Waals surface area contributed by atoms with Crippen LogP contribution in [0.5, 0.6) is 0 Å². The average Bonchev–Trinajstić information content (AvgIpc) is 3.09. The van der Waals surface area contributed by atoms with E-state index in [-0.39, 0.29) is 29.4 Å². The lowest BCUT2D eigenvalue weighted by Gasteiger charge is -2.30. The van der Waals surface area contributed by atoms with Gasteiger partial charge in [0, 0.05) is 11.3 Å². The molecule has 0 saturated heterocycles. The van der Waals surface area contributed by atoms with E-state index in [0.717, 1.165) is 10.4 Å². The number of para-hydroxylation sites is 1. The van der Waals surface area contributed by atoms with Gasteiger partial charge in [-0.3, -0.25) is 15.6 Å². The van der Waals surface area contributed by atoms with E-state index in [4.69, 9.17) is 14.5 Å². The van der Waals surface area contributed by atoms with Crippen molar-refractivity contribution in [1.29, 1.82) is 0 Å². The maximum atomic E-state index is 13.7. The topological polar surface area (TPSA) is 94.5 Å². The Balaban J connectivity index is 1.83. The van der Waals surface area contributed by atoms with E-state index < -0.39 is 5.97 Å². The number of hydrazine groups is 1. The molecule has 0 spiro atoms. The lowest BCUT2D eigenvalue weighted by Crippen LogP contribution is -2.33.